The van der Waals surface area contributed by atoms with Crippen LogP contribution in [0.15, 0.2) is 53.3 Å². The summed E-state index contributed by atoms with van der Waals surface area (Å²) >= 11 is 0. The summed E-state index contributed by atoms with van der Waals surface area (Å²) in [4.78, 5) is 11.0. The Hall–Kier alpha value is -2.67. The van der Waals surface area contributed by atoms with E-state index in [1.807, 2.05) is 56.0 Å². The standard InChI is InChI=1S/C22H28N5O3P.ClH/c1-7-31(25(4)5,24-20-15-19(27(28)29)13-14-21(20)30-6)22-16(2)23-26(17(22)3)18-11-9-8-10-12-18;/h8-15H,7H2,1-6H3;1H. The molecule has 0 N–H and O–H groups in total. The Kier molecular flexibility index (Phi) is 8.24. The van der Waals surface area contributed by atoms with Gasteiger partial charge in [0.15, 0.2) is 0 Å². The molecule has 0 bridgehead atoms. The van der Waals surface area contributed by atoms with Crippen molar-refractivity contribution in [2.24, 2.45) is 4.74 Å². The summed E-state index contributed by atoms with van der Waals surface area (Å²) in [6.45, 7) is 6.15. The second-order valence-electron chi connectivity index (χ2n) is 7.37. The molecule has 2 aromatic carbocycles. The van der Waals surface area contributed by atoms with Gasteiger partial charge in [-0.3, -0.25) is 14.8 Å². The van der Waals surface area contributed by atoms with Crippen molar-refractivity contribution in [2.75, 3.05) is 27.4 Å². The van der Waals surface area contributed by atoms with Crippen LogP contribution in [-0.2, 0) is 0 Å². The predicted molar refractivity (Wildman–Crippen MR) is 133 cm³/mol. The number of nitro benzene ring substituents is 1. The molecule has 172 valence electrons. The largest absolute Gasteiger partial charge is 0.494 e. The quantitative estimate of drug-likeness (QED) is 0.255. The zero-order valence-electron chi connectivity index (χ0n) is 19.1. The Labute approximate surface area is 194 Å². The van der Waals surface area contributed by atoms with Crippen LogP contribution in [-0.4, -0.2) is 46.7 Å². The Morgan fingerprint density at radius 2 is 1.84 bits per heavy atom. The number of nitrogens with zero attached hydrogens (tertiary/aromatic N) is 5. The number of methoxy groups -OCH3 is 1. The molecule has 0 saturated carbocycles. The average molecular weight is 478 g/mol. The van der Waals surface area contributed by atoms with Crippen LogP contribution in [0.1, 0.15) is 18.3 Å². The number of para-hydroxylation sites is 1. The highest BCUT2D eigenvalue weighted by Crippen LogP contribution is 2.55. The van der Waals surface area contributed by atoms with Crippen LogP contribution in [0.4, 0.5) is 11.4 Å². The molecular weight excluding hydrogens is 449 g/mol. The zero-order chi connectivity index (χ0) is 22.8. The van der Waals surface area contributed by atoms with E-state index in [2.05, 4.69) is 18.5 Å². The Morgan fingerprint density at radius 1 is 1.19 bits per heavy atom. The number of rotatable bonds is 7. The maximum absolute atomic E-state index is 11.4. The minimum Gasteiger partial charge on any atom is -0.494 e. The summed E-state index contributed by atoms with van der Waals surface area (Å²) in [5.74, 6) is 0.510. The Bertz CT molecular complexity index is 1160. The number of non-ortho nitro benzene ring substituents is 1. The van der Waals surface area contributed by atoms with Crippen molar-refractivity contribution in [3.63, 3.8) is 0 Å². The van der Waals surface area contributed by atoms with Crippen LogP contribution < -0.4 is 10.0 Å². The second kappa shape index (κ2) is 10.3. The van der Waals surface area contributed by atoms with Crippen molar-refractivity contribution in [1.82, 2.24) is 14.5 Å². The van der Waals surface area contributed by atoms with Crippen LogP contribution in [0.2, 0.25) is 0 Å². The van der Waals surface area contributed by atoms with E-state index in [9.17, 15) is 10.1 Å². The van der Waals surface area contributed by atoms with Crippen LogP contribution in [0, 0.1) is 24.0 Å². The summed E-state index contributed by atoms with van der Waals surface area (Å²) in [5, 5.41) is 17.3. The monoisotopic (exact) mass is 477 g/mol. The minimum absolute atomic E-state index is 0. The predicted octanol–water partition coefficient (Wildman–Crippen LogP) is 5.48. The number of ether oxygens (including phenoxy) is 1. The van der Waals surface area contributed by atoms with E-state index in [0.717, 1.165) is 28.5 Å². The molecular formula is C22H29ClN5O3P. The molecule has 3 rings (SSSR count). The van der Waals surface area contributed by atoms with Gasteiger partial charge in [0.05, 0.1) is 41.6 Å². The van der Waals surface area contributed by atoms with Gasteiger partial charge in [-0.05, 0) is 52.3 Å². The number of nitro groups is 1. The molecule has 10 heteroatoms. The Balaban J connectivity index is 0.00000363. The first-order valence-electron chi connectivity index (χ1n) is 9.99. The molecule has 1 atom stereocenters. The number of halogens is 1. The number of aryl methyl sites for hydroxylation is 1. The van der Waals surface area contributed by atoms with Crippen molar-refractivity contribution in [3.8, 4) is 11.4 Å². The fraction of sp³-hybridized carbons (Fsp3) is 0.318. The van der Waals surface area contributed by atoms with Gasteiger partial charge in [0.2, 0.25) is 0 Å². The van der Waals surface area contributed by atoms with E-state index in [1.54, 1.807) is 13.2 Å². The molecule has 1 heterocycles. The third-order valence-corrected chi connectivity index (χ3v) is 9.48. The first-order valence-corrected chi connectivity index (χ1v) is 11.9. The normalized spacial score (nSPS) is 12.7. The fourth-order valence-electron chi connectivity index (χ4n) is 3.87. The van der Waals surface area contributed by atoms with Gasteiger partial charge in [-0.25, -0.2) is 9.43 Å². The van der Waals surface area contributed by atoms with E-state index in [4.69, 9.17) is 14.6 Å². The van der Waals surface area contributed by atoms with Crippen molar-refractivity contribution < 1.29 is 9.66 Å². The lowest BCUT2D eigenvalue weighted by molar-refractivity contribution is -0.384. The molecule has 0 amide bonds. The summed E-state index contributed by atoms with van der Waals surface area (Å²) in [7, 11) is 3.24. The summed E-state index contributed by atoms with van der Waals surface area (Å²) in [5.41, 5.74) is 3.36. The molecule has 1 unspecified atom stereocenters. The topological polar surface area (TPSA) is 85.8 Å². The van der Waals surface area contributed by atoms with Crippen molar-refractivity contribution in [1.29, 1.82) is 0 Å². The van der Waals surface area contributed by atoms with Gasteiger partial charge in [-0.1, -0.05) is 25.1 Å². The molecule has 0 aliphatic carbocycles. The molecule has 0 fully saturated rings. The maximum atomic E-state index is 11.4. The van der Waals surface area contributed by atoms with Crippen LogP contribution >= 0.6 is 19.6 Å². The molecule has 8 nitrogen and oxygen atoms in total. The molecule has 0 spiro atoms. The first kappa shape index (κ1) is 25.6. The minimum atomic E-state index is -2.32. The molecule has 32 heavy (non-hydrogen) atoms. The number of aromatic nitrogens is 2. The third kappa shape index (κ3) is 4.58. The van der Waals surface area contributed by atoms with Crippen LogP contribution in [0.25, 0.3) is 5.69 Å². The van der Waals surface area contributed by atoms with Gasteiger partial charge in [0.25, 0.3) is 5.69 Å². The van der Waals surface area contributed by atoms with E-state index < -0.39 is 12.1 Å². The SMILES string of the molecule is CCP(=Nc1cc([N+](=O)[O-])ccc1OC)(c1c(C)nn(-c2ccccc2)c1C)N(C)C.Cl. The Morgan fingerprint density at radius 3 is 2.38 bits per heavy atom. The van der Waals surface area contributed by atoms with Crippen molar-refractivity contribution >= 4 is 36.3 Å². The third-order valence-electron chi connectivity index (χ3n) is 5.36. The molecule has 0 radical (unpaired) electrons. The molecule has 0 saturated heterocycles. The average Bonchev–Trinajstić information content (AvgIpc) is 3.06. The van der Waals surface area contributed by atoms with E-state index in [-0.39, 0.29) is 18.1 Å². The van der Waals surface area contributed by atoms with Crippen LogP contribution in [0.5, 0.6) is 5.75 Å². The summed E-state index contributed by atoms with van der Waals surface area (Å²) in [6.07, 6.45) is 0.744. The molecule has 1 aromatic heterocycles. The number of benzene rings is 2. The van der Waals surface area contributed by atoms with Gasteiger partial charge in [0, 0.05) is 12.1 Å². The van der Waals surface area contributed by atoms with E-state index in [1.165, 1.54) is 12.1 Å². The van der Waals surface area contributed by atoms with E-state index in [0.29, 0.717) is 11.4 Å². The van der Waals surface area contributed by atoms with Crippen molar-refractivity contribution in [2.45, 2.75) is 20.8 Å². The maximum Gasteiger partial charge on any atom is 0.271 e. The van der Waals surface area contributed by atoms with Gasteiger partial charge in [-0.15, -0.1) is 12.4 Å². The molecule has 3 aromatic rings. The first-order chi connectivity index (χ1) is 14.7. The fourth-order valence-corrected chi connectivity index (χ4v) is 7.26. The van der Waals surface area contributed by atoms with Crippen molar-refractivity contribution in [3.05, 3.63) is 70.0 Å². The second-order valence-corrected chi connectivity index (χ2v) is 10.9. The zero-order valence-corrected chi connectivity index (χ0v) is 20.9. The van der Waals surface area contributed by atoms with Gasteiger partial charge >= 0.3 is 0 Å². The number of hydrogen-bond acceptors (Lipinski definition) is 5. The lowest BCUT2D eigenvalue weighted by Crippen LogP contribution is -2.23. The lowest BCUT2D eigenvalue weighted by atomic mass is 10.2. The highest BCUT2D eigenvalue weighted by molar-refractivity contribution is 7.71. The molecule has 0 aliphatic heterocycles. The molecule has 0 aliphatic rings. The summed E-state index contributed by atoms with van der Waals surface area (Å²) in [6, 6.07) is 14.5. The van der Waals surface area contributed by atoms with E-state index >= 15 is 0 Å². The highest BCUT2D eigenvalue weighted by Gasteiger charge is 2.31. The summed E-state index contributed by atoms with van der Waals surface area (Å²) < 4.78 is 14.7. The van der Waals surface area contributed by atoms with Gasteiger partial charge in [0.1, 0.15) is 11.4 Å². The highest BCUT2D eigenvalue weighted by atomic mass is 35.5. The smallest absolute Gasteiger partial charge is 0.271 e. The lowest BCUT2D eigenvalue weighted by Gasteiger charge is -2.31. The van der Waals surface area contributed by atoms with Gasteiger partial charge < -0.3 is 4.74 Å². The van der Waals surface area contributed by atoms with Crippen LogP contribution in [0.3, 0.4) is 0 Å². The number of hydrogen-bond donors (Lipinski definition) is 0. The van der Waals surface area contributed by atoms with Gasteiger partial charge in [-0.2, -0.15) is 5.10 Å².